The molecule has 1 aliphatic carbocycles. The maximum atomic E-state index is 6.46. The first-order chi connectivity index (χ1) is 24.0. The predicted octanol–water partition coefficient (Wildman–Crippen LogP) is 13.4. The quantitative estimate of drug-likeness (QED) is 0.191. The van der Waals surface area contributed by atoms with Crippen molar-refractivity contribution >= 4 is 65.4 Å². The second kappa shape index (κ2) is 9.49. The topological polar surface area (TPSA) is 26.3 Å². The third-order valence-corrected chi connectivity index (χ3v) is 11.1. The van der Waals surface area contributed by atoms with Gasteiger partial charge in [-0.15, -0.1) is 0 Å². The molecule has 1 aliphatic rings. The average Bonchev–Trinajstić information content (AvgIpc) is 3.77. The molecule has 0 fully saturated rings. The highest BCUT2D eigenvalue weighted by molar-refractivity contribution is 6.16. The zero-order chi connectivity index (χ0) is 32.4. The van der Waals surface area contributed by atoms with E-state index in [0.717, 1.165) is 38.5 Å². The zero-order valence-corrected chi connectivity index (χ0v) is 27.2. The van der Waals surface area contributed by atoms with Gasteiger partial charge >= 0.3 is 0 Å². The Labute approximate surface area is 282 Å². The summed E-state index contributed by atoms with van der Waals surface area (Å²) in [5.74, 6) is 0. The third kappa shape index (κ3) is 3.66. The lowest BCUT2D eigenvalue weighted by atomic mass is 9.81. The molecule has 2 aromatic heterocycles. The van der Waals surface area contributed by atoms with Crippen LogP contribution < -0.4 is 0 Å². The van der Waals surface area contributed by atoms with Crippen LogP contribution in [0.4, 0.5) is 0 Å². The molecule has 11 rings (SSSR count). The molecule has 2 heteroatoms. The van der Waals surface area contributed by atoms with E-state index in [-0.39, 0.29) is 5.41 Å². The molecule has 0 atom stereocenters. The normalized spacial score (nSPS) is 13.7. The summed E-state index contributed by atoms with van der Waals surface area (Å²) in [6, 6.07) is 52.9. The van der Waals surface area contributed by atoms with Gasteiger partial charge in [0.2, 0.25) is 0 Å². The summed E-state index contributed by atoms with van der Waals surface area (Å²) in [7, 11) is 0. The molecule has 0 saturated carbocycles. The number of benzene rings is 8. The standard InChI is InChI=1S/C47H30O2/c1-47(2)39-20-17-30(32-13-8-16-43-46(32)38-23-27-9-3-4-10-28(27)26-44(38)49-43)25-37(39)45-35-14-7-12-31(33(35)19-21-40(45)47)29-18-22-42-36(24-29)34-11-5-6-15-41(34)48-42/h3-26H,1-2H3. The van der Waals surface area contributed by atoms with Crippen LogP contribution in [0.5, 0.6) is 0 Å². The van der Waals surface area contributed by atoms with Crippen molar-refractivity contribution in [1.82, 2.24) is 0 Å². The summed E-state index contributed by atoms with van der Waals surface area (Å²) in [6.45, 7) is 4.72. The van der Waals surface area contributed by atoms with E-state index in [0.29, 0.717) is 0 Å². The van der Waals surface area contributed by atoms with Gasteiger partial charge in [0.1, 0.15) is 22.3 Å². The monoisotopic (exact) mass is 626 g/mol. The fourth-order valence-electron chi connectivity index (χ4n) is 8.68. The van der Waals surface area contributed by atoms with E-state index in [2.05, 4.69) is 147 Å². The molecular formula is C47H30O2. The predicted molar refractivity (Wildman–Crippen MR) is 204 cm³/mol. The van der Waals surface area contributed by atoms with Gasteiger partial charge in [-0.1, -0.05) is 117 Å². The summed E-state index contributed by atoms with van der Waals surface area (Å²) >= 11 is 0. The molecule has 0 unspecified atom stereocenters. The van der Waals surface area contributed by atoms with Crippen molar-refractivity contribution in [2.45, 2.75) is 19.3 Å². The highest BCUT2D eigenvalue weighted by Crippen LogP contribution is 2.53. The molecule has 0 saturated heterocycles. The van der Waals surface area contributed by atoms with Gasteiger partial charge in [-0.25, -0.2) is 0 Å². The second-order valence-corrected chi connectivity index (χ2v) is 14.1. The van der Waals surface area contributed by atoms with E-state index < -0.39 is 0 Å². The maximum Gasteiger partial charge on any atom is 0.136 e. The van der Waals surface area contributed by atoms with Crippen molar-refractivity contribution in [3.63, 3.8) is 0 Å². The molecule has 0 N–H and O–H groups in total. The Morgan fingerprint density at radius 1 is 0.388 bits per heavy atom. The molecule has 0 spiro atoms. The minimum atomic E-state index is -0.116. The second-order valence-electron chi connectivity index (χ2n) is 14.1. The van der Waals surface area contributed by atoms with Crippen molar-refractivity contribution in [3.8, 4) is 33.4 Å². The molecule has 8 aromatic carbocycles. The Hall–Kier alpha value is -6.12. The summed E-state index contributed by atoms with van der Waals surface area (Å²) < 4.78 is 12.6. The van der Waals surface area contributed by atoms with Crippen LogP contribution in [0.15, 0.2) is 154 Å². The average molecular weight is 627 g/mol. The first-order valence-corrected chi connectivity index (χ1v) is 17.0. The first-order valence-electron chi connectivity index (χ1n) is 17.0. The van der Waals surface area contributed by atoms with Crippen molar-refractivity contribution < 1.29 is 8.83 Å². The van der Waals surface area contributed by atoms with Crippen molar-refractivity contribution in [2.75, 3.05) is 0 Å². The van der Waals surface area contributed by atoms with Crippen molar-refractivity contribution in [1.29, 1.82) is 0 Å². The van der Waals surface area contributed by atoms with E-state index in [1.165, 1.54) is 71.4 Å². The van der Waals surface area contributed by atoms with Crippen LogP contribution in [0.1, 0.15) is 25.0 Å². The van der Waals surface area contributed by atoms with E-state index in [1.54, 1.807) is 0 Å². The Bertz CT molecular complexity index is 3020. The molecule has 0 bridgehead atoms. The molecule has 2 heterocycles. The van der Waals surface area contributed by atoms with Crippen LogP contribution in [0, 0.1) is 0 Å². The van der Waals surface area contributed by atoms with Gasteiger partial charge in [0.25, 0.3) is 0 Å². The van der Waals surface area contributed by atoms with Crippen LogP contribution in [0.25, 0.3) is 98.8 Å². The van der Waals surface area contributed by atoms with Crippen LogP contribution in [-0.4, -0.2) is 0 Å². The van der Waals surface area contributed by atoms with Crippen molar-refractivity contribution in [3.05, 3.63) is 157 Å². The number of fused-ring (bicyclic) bond motifs is 12. The van der Waals surface area contributed by atoms with Gasteiger partial charge in [-0.3, -0.25) is 0 Å². The smallest absolute Gasteiger partial charge is 0.136 e. The first kappa shape index (κ1) is 26.9. The Balaban J connectivity index is 1.13. The van der Waals surface area contributed by atoms with Crippen LogP contribution in [0.2, 0.25) is 0 Å². The molecule has 0 radical (unpaired) electrons. The zero-order valence-electron chi connectivity index (χ0n) is 27.2. The van der Waals surface area contributed by atoms with Gasteiger partial charge < -0.3 is 8.83 Å². The van der Waals surface area contributed by atoms with Crippen LogP contribution in [0.3, 0.4) is 0 Å². The van der Waals surface area contributed by atoms with Gasteiger partial charge in [0.05, 0.1) is 0 Å². The van der Waals surface area contributed by atoms with E-state index in [9.17, 15) is 0 Å². The van der Waals surface area contributed by atoms with E-state index in [4.69, 9.17) is 8.83 Å². The number of hydrogen-bond acceptors (Lipinski definition) is 2. The Morgan fingerprint density at radius 3 is 1.98 bits per heavy atom. The molecule has 0 aliphatic heterocycles. The minimum absolute atomic E-state index is 0.116. The number of furan rings is 2. The summed E-state index contributed by atoms with van der Waals surface area (Å²) in [6.07, 6.45) is 0. The maximum absolute atomic E-state index is 6.46. The largest absolute Gasteiger partial charge is 0.456 e. The number of para-hydroxylation sites is 1. The van der Waals surface area contributed by atoms with Gasteiger partial charge in [0.15, 0.2) is 0 Å². The SMILES string of the molecule is CC1(C)c2ccc(-c3cccc4oc5cc6ccccc6cc5c34)cc2-c2c1ccc1c(-c3ccc4oc5ccccc5c4c3)cccc21. The fourth-order valence-corrected chi connectivity index (χ4v) is 8.68. The minimum Gasteiger partial charge on any atom is -0.456 e. The molecule has 0 amide bonds. The Morgan fingerprint density at radius 2 is 1.06 bits per heavy atom. The van der Waals surface area contributed by atoms with Gasteiger partial charge in [0, 0.05) is 27.0 Å². The van der Waals surface area contributed by atoms with Crippen molar-refractivity contribution in [2.24, 2.45) is 0 Å². The molecule has 230 valence electrons. The highest BCUT2D eigenvalue weighted by atomic mass is 16.3. The summed E-state index contributed by atoms with van der Waals surface area (Å²) in [4.78, 5) is 0. The lowest BCUT2D eigenvalue weighted by Crippen LogP contribution is -2.14. The molecular weight excluding hydrogens is 597 g/mol. The van der Waals surface area contributed by atoms with Crippen LogP contribution >= 0.6 is 0 Å². The third-order valence-electron chi connectivity index (χ3n) is 11.1. The van der Waals surface area contributed by atoms with E-state index >= 15 is 0 Å². The number of hydrogen-bond donors (Lipinski definition) is 0. The van der Waals surface area contributed by atoms with Gasteiger partial charge in [-0.05, 0) is 109 Å². The van der Waals surface area contributed by atoms with Gasteiger partial charge in [-0.2, -0.15) is 0 Å². The number of rotatable bonds is 2. The molecule has 2 nitrogen and oxygen atoms in total. The lowest BCUT2D eigenvalue weighted by Gasteiger charge is -2.22. The fraction of sp³-hybridized carbons (Fsp3) is 0.0638. The Kier molecular flexibility index (Phi) is 5.21. The lowest BCUT2D eigenvalue weighted by molar-refractivity contribution is 0.661. The summed E-state index contributed by atoms with van der Waals surface area (Å²) in [5, 5.41) is 9.59. The molecule has 10 aromatic rings. The van der Waals surface area contributed by atoms with Crippen LogP contribution in [-0.2, 0) is 5.41 Å². The highest BCUT2D eigenvalue weighted by Gasteiger charge is 2.37. The summed E-state index contributed by atoms with van der Waals surface area (Å²) in [5.41, 5.74) is 13.8. The molecule has 49 heavy (non-hydrogen) atoms. The van der Waals surface area contributed by atoms with E-state index in [1.807, 2.05) is 12.1 Å².